The number of rotatable bonds is 0. The van der Waals surface area contributed by atoms with Crippen molar-refractivity contribution in [3.63, 3.8) is 0 Å². The molecule has 5 heteroatoms. The van der Waals surface area contributed by atoms with Crippen molar-refractivity contribution < 1.29 is 13.6 Å². The van der Waals surface area contributed by atoms with Gasteiger partial charge in [-0.25, -0.2) is 0 Å². The molecule has 0 heterocycles. The molecule has 0 spiro atoms. The van der Waals surface area contributed by atoms with Crippen LogP contribution in [-0.2, 0) is 10.3 Å². The molecule has 0 aromatic rings. The fourth-order valence-corrected chi connectivity index (χ4v) is 1.79. The molecule has 0 aliphatic heterocycles. The van der Waals surface area contributed by atoms with E-state index in [2.05, 4.69) is 5.16 Å². The van der Waals surface area contributed by atoms with Crippen LogP contribution in [0.25, 0.3) is 0 Å². The van der Waals surface area contributed by atoms with E-state index < -0.39 is 10.3 Å². The molecule has 0 unspecified atom stereocenters. The van der Waals surface area contributed by atoms with Crippen LogP contribution in [0.4, 0.5) is 0 Å². The molecule has 0 atom stereocenters. The van der Waals surface area contributed by atoms with E-state index in [0.717, 1.165) is 12.8 Å². The Morgan fingerprint density at radius 1 is 1.27 bits per heavy atom. The van der Waals surface area contributed by atoms with E-state index in [1.807, 2.05) is 0 Å². The standard InChI is InChI=1S/C6H9NO3S/c8-7-5-3-1-2-4-6(5)11(9)10/h8H,1-4H2/b7-5+. The van der Waals surface area contributed by atoms with Gasteiger partial charge in [0.2, 0.25) is 10.3 Å². The molecule has 1 aliphatic rings. The Morgan fingerprint density at radius 3 is 2.36 bits per heavy atom. The van der Waals surface area contributed by atoms with Crippen molar-refractivity contribution in [3.8, 4) is 0 Å². The summed E-state index contributed by atoms with van der Waals surface area (Å²) in [5.41, 5.74) is 0.324. The topological polar surface area (TPSA) is 66.7 Å². The van der Waals surface area contributed by atoms with E-state index in [0.29, 0.717) is 18.6 Å². The van der Waals surface area contributed by atoms with Gasteiger partial charge >= 0.3 is 0 Å². The molecule has 0 radical (unpaired) electrons. The maximum absolute atomic E-state index is 10.5. The second-order valence-electron chi connectivity index (χ2n) is 2.41. The van der Waals surface area contributed by atoms with Crippen molar-refractivity contribution in [1.82, 2.24) is 0 Å². The summed E-state index contributed by atoms with van der Waals surface area (Å²) < 4.78 is 21.0. The van der Waals surface area contributed by atoms with Crippen LogP contribution < -0.4 is 0 Å². The van der Waals surface area contributed by atoms with Crippen LogP contribution in [0.5, 0.6) is 0 Å². The molecule has 11 heavy (non-hydrogen) atoms. The number of hydrogen-bond acceptors (Lipinski definition) is 4. The second-order valence-corrected chi connectivity index (χ2v) is 3.37. The molecule has 0 aromatic heterocycles. The lowest BCUT2D eigenvalue weighted by atomic mass is 9.99. The minimum atomic E-state index is -2.21. The van der Waals surface area contributed by atoms with Gasteiger partial charge < -0.3 is 5.21 Å². The van der Waals surface area contributed by atoms with Gasteiger partial charge in [-0.15, -0.1) is 0 Å². The van der Waals surface area contributed by atoms with Crippen LogP contribution in [-0.4, -0.2) is 24.2 Å². The fraction of sp³-hybridized carbons (Fsp3) is 0.667. The van der Waals surface area contributed by atoms with Crippen LogP contribution in [0.3, 0.4) is 0 Å². The number of hydrogen-bond donors (Lipinski definition) is 1. The predicted molar refractivity (Wildman–Crippen MR) is 41.6 cm³/mol. The molecule has 1 rings (SSSR count). The van der Waals surface area contributed by atoms with Crippen molar-refractivity contribution in [3.05, 3.63) is 0 Å². The number of oxime groups is 1. The summed E-state index contributed by atoms with van der Waals surface area (Å²) >= 11 is 0. The molecule has 1 fully saturated rings. The van der Waals surface area contributed by atoms with Gasteiger partial charge in [-0.1, -0.05) is 5.16 Å². The quantitative estimate of drug-likeness (QED) is 0.330. The molecule has 0 bridgehead atoms. The summed E-state index contributed by atoms with van der Waals surface area (Å²) in [6.07, 6.45) is 2.84. The minimum Gasteiger partial charge on any atom is -0.411 e. The Kier molecular flexibility index (Phi) is 2.64. The lowest BCUT2D eigenvalue weighted by Crippen LogP contribution is -2.19. The summed E-state index contributed by atoms with van der Waals surface area (Å²) in [6, 6.07) is 0. The maximum atomic E-state index is 10.5. The summed E-state index contributed by atoms with van der Waals surface area (Å²) in [4.78, 5) is 0.263. The molecular formula is C6H9NO3S. The largest absolute Gasteiger partial charge is 0.411 e. The Balaban J connectivity index is 3.03. The third-order valence-electron chi connectivity index (χ3n) is 1.71. The molecule has 1 N–H and O–H groups in total. The zero-order valence-electron chi connectivity index (χ0n) is 5.95. The Morgan fingerprint density at radius 2 is 1.91 bits per heavy atom. The Labute approximate surface area is 66.1 Å². The highest BCUT2D eigenvalue weighted by Crippen LogP contribution is 2.11. The first-order valence-corrected chi connectivity index (χ1v) is 4.49. The highest BCUT2D eigenvalue weighted by Gasteiger charge is 2.16. The van der Waals surface area contributed by atoms with E-state index in [1.165, 1.54) is 0 Å². The van der Waals surface area contributed by atoms with Gasteiger partial charge in [0.25, 0.3) is 0 Å². The van der Waals surface area contributed by atoms with Crippen molar-refractivity contribution in [2.24, 2.45) is 5.16 Å². The second kappa shape index (κ2) is 3.52. The molecule has 0 aromatic carbocycles. The van der Waals surface area contributed by atoms with Crippen LogP contribution in [0.1, 0.15) is 25.7 Å². The Hall–Kier alpha value is -0.840. The van der Waals surface area contributed by atoms with Gasteiger partial charge in [-0.2, -0.15) is 8.42 Å². The Bertz CT molecular complexity index is 294. The monoisotopic (exact) mass is 175 g/mol. The van der Waals surface area contributed by atoms with Crippen LogP contribution in [0.15, 0.2) is 5.16 Å². The zero-order valence-corrected chi connectivity index (χ0v) is 6.76. The molecule has 0 amide bonds. The first-order valence-electron chi connectivity index (χ1n) is 3.42. The third-order valence-corrected chi connectivity index (χ3v) is 2.55. The molecule has 0 saturated heterocycles. The molecule has 1 saturated carbocycles. The lowest BCUT2D eigenvalue weighted by Gasteiger charge is -2.10. The van der Waals surface area contributed by atoms with Gasteiger partial charge in [0, 0.05) is 0 Å². The summed E-state index contributed by atoms with van der Waals surface area (Å²) in [5.74, 6) is 0. The van der Waals surface area contributed by atoms with E-state index >= 15 is 0 Å². The highest BCUT2D eigenvalue weighted by atomic mass is 32.2. The van der Waals surface area contributed by atoms with Gasteiger partial charge in [-0.05, 0) is 25.7 Å². The average molecular weight is 175 g/mol. The summed E-state index contributed by atoms with van der Waals surface area (Å²) in [7, 11) is -2.21. The third kappa shape index (κ3) is 1.80. The van der Waals surface area contributed by atoms with Crippen molar-refractivity contribution in [2.75, 3.05) is 0 Å². The van der Waals surface area contributed by atoms with Gasteiger partial charge in [0.15, 0.2) is 0 Å². The van der Waals surface area contributed by atoms with Crippen LogP contribution in [0.2, 0.25) is 0 Å². The fourth-order valence-electron chi connectivity index (χ4n) is 1.15. The summed E-state index contributed by atoms with van der Waals surface area (Å²) in [5, 5.41) is 11.3. The molecular weight excluding hydrogens is 166 g/mol. The molecule has 1 aliphatic carbocycles. The minimum absolute atomic E-state index is 0.263. The maximum Gasteiger partial charge on any atom is 0.219 e. The first kappa shape index (κ1) is 8.26. The smallest absolute Gasteiger partial charge is 0.219 e. The van der Waals surface area contributed by atoms with Crippen molar-refractivity contribution >= 4 is 20.9 Å². The van der Waals surface area contributed by atoms with Crippen molar-refractivity contribution in [1.29, 1.82) is 0 Å². The van der Waals surface area contributed by atoms with Gasteiger partial charge in [0.1, 0.15) is 0 Å². The van der Waals surface area contributed by atoms with E-state index in [-0.39, 0.29) is 4.86 Å². The predicted octanol–water partition coefficient (Wildman–Crippen LogP) is 0.442. The van der Waals surface area contributed by atoms with Crippen LogP contribution in [0, 0.1) is 0 Å². The van der Waals surface area contributed by atoms with Crippen LogP contribution >= 0.6 is 0 Å². The highest BCUT2D eigenvalue weighted by molar-refractivity contribution is 7.74. The SMILES string of the molecule is O=S(=O)=C1CCCC/C1=N\O. The van der Waals surface area contributed by atoms with Gasteiger partial charge in [-0.3, -0.25) is 0 Å². The van der Waals surface area contributed by atoms with E-state index in [1.54, 1.807) is 0 Å². The molecule has 4 nitrogen and oxygen atoms in total. The number of nitrogens with zero attached hydrogens (tertiary/aromatic N) is 1. The summed E-state index contributed by atoms with van der Waals surface area (Å²) in [6.45, 7) is 0. The molecule has 62 valence electrons. The average Bonchev–Trinajstić information content (AvgIpc) is 2.04. The van der Waals surface area contributed by atoms with E-state index in [9.17, 15) is 8.42 Å². The van der Waals surface area contributed by atoms with Gasteiger partial charge in [0.05, 0.1) is 10.6 Å². The van der Waals surface area contributed by atoms with E-state index in [4.69, 9.17) is 5.21 Å². The lowest BCUT2D eigenvalue weighted by molar-refractivity contribution is 0.318. The zero-order chi connectivity index (χ0) is 8.27. The first-order chi connectivity index (χ1) is 5.25. The normalized spacial score (nSPS) is 22.2. The van der Waals surface area contributed by atoms with Crippen molar-refractivity contribution in [2.45, 2.75) is 25.7 Å².